The molecule has 0 fully saturated rings. The zero-order chi connectivity index (χ0) is 18.4. The molecule has 3 rings (SSSR count). The van der Waals surface area contributed by atoms with Gasteiger partial charge < -0.3 is 19.8 Å². The van der Waals surface area contributed by atoms with Crippen molar-refractivity contribution in [2.24, 2.45) is 0 Å². The number of ether oxygens (including phenoxy) is 1. The maximum Gasteiger partial charge on any atom is 0.291 e. The van der Waals surface area contributed by atoms with Crippen molar-refractivity contribution in [3.8, 4) is 5.75 Å². The molecule has 0 aliphatic rings. The number of pyridine rings is 1. The summed E-state index contributed by atoms with van der Waals surface area (Å²) in [4.78, 5) is 16.3. The number of aromatic nitrogens is 1. The molecule has 0 bridgehead atoms. The first-order valence-corrected chi connectivity index (χ1v) is 8.83. The Balaban J connectivity index is 1.48. The summed E-state index contributed by atoms with van der Waals surface area (Å²) in [5.41, 5.74) is 1.81. The first kappa shape index (κ1) is 18.0. The lowest BCUT2D eigenvalue weighted by Gasteiger charge is -2.08. The van der Waals surface area contributed by atoms with Gasteiger partial charge in [0.2, 0.25) is 0 Å². The number of amides is 1. The highest BCUT2D eigenvalue weighted by Gasteiger charge is 2.10. The van der Waals surface area contributed by atoms with Crippen molar-refractivity contribution in [1.29, 1.82) is 0 Å². The Labute approximate surface area is 159 Å². The lowest BCUT2D eigenvalue weighted by atomic mass is 10.1. The molecule has 0 radical (unpaired) electrons. The number of anilines is 2. The minimum atomic E-state index is -0.322. The molecule has 7 heteroatoms. The van der Waals surface area contributed by atoms with E-state index in [2.05, 4.69) is 31.5 Å². The lowest BCUT2D eigenvalue weighted by Crippen LogP contribution is -2.11. The molecule has 0 atom stereocenters. The topological polar surface area (TPSA) is 76.4 Å². The smallest absolute Gasteiger partial charge is 0.291 e. The van der Waals surface area contributed by atoms with Crippen LogP contribution in [0.4, 0.5) is 11.5 Å². The fraction of sp³-hybridized carbons (Fsp3) is 0.158. The van der Waals surface area contributed by atoms with Crippen molar-refractivity contribution in [3.05, 3.63) is 70.7 Å². The van der Waals surface area contributed by atoms with Crippen LogP contribution in [0.2, 0.25) is 0 Å². The van der Waals surface area contributed by atoms with Gasteiger partial charge in [0.15, 0.2) is 10.4 Å². The second kappa shape index (κ2) is 8.53. The maximum atomic E-state index is 12.0. The third kappa shape index (κ3) is 4.86. The Morgan fingerprint density at radius 2 is 1.96 bits per heavy atom. The molecule has 3 aromatic rings. The highest BCUT2D eigenvalue weighted by Crippen LogP contribution is 2.17. The van der Waals surface area contributed by atoms with Crippen molar-refractivity contribution in [2.45, 2.75) is 6.42 Å². The maximum absolute atomic E-state index is 12.0. The average Bonchev–Trinajstić information content (AvgIpc) is 3.10. The van der Waals surface area contributed by atoms with Crippen LogP contribution in [0.1, 0.15) is 16.1 Å². The summed E-state index contributed by atoms with van der Waals surface area (Å²) >= 11 is 3.17. The fourth-order valence-corrected chi connectivity index (χ4v) is 2.64. The predicted octanol–water partition coefficient (Wildman–Crippen LogP) is 4.35. The quantitative estimate of drug-likeness (QED) is 0.599. The second-order valence-corrected chi connectivity index (χ2v) is 6.30. The van der Waals surface area contributed by atoms with Gasteiger partial charge in [-0.3, -0.25) is 4.79 Å². The van der Waals surface area contributed by atoms with Crippen LogP contribution in [0.3, 0.4) is 0 Å². The number of methoxy groups -OCH3 is 1. The van der Waals surface area contributed by atoms with Crippen molar-refractivity contribution in [1.82, 2.24) is 4.98 Å². The summed E-state index contributed by atoms with van der Waals surface area (Å²) in [5.74, 6) is 1.51. The van der Waals surface area contributed by atoms with Crippen molar-refractivity contribution in [2.75, 3.05) is 24.3 Å². The van der Waals surface area contributed by atoms with Crippen molar-refractivity contribution >= 4 is 33.3 Å². The summed E-state index contributed by atoms with van der Waals surface area (Å²) in [7, 11) is 1.65. The highest BCUT2D eigenvalue weighted by molar-refractivity contribution is 9.10. The summed E-state index contributed by atoms with van der Waals surface area (Å²) < 4.78 is 10.9. The zero-order valence-corrected chi connectivity index (χ0v) is 15.7. The monoisotopic (exact) mass is 415 g/mol. The van der Waals surface area contributed by atoms with Gasteiger partial charge in [-0.2, -0.15) is 0 Å². The van der Waals surface area contributed by atoms with Crippen molar-refractivity contribution in [3.63, 3.8) is 0 Å². The molecule has 6 nitrogen and oxygen atoms in total. The van der Waals surface area contributed by atoms with Crippen LogP contribution < -0.4 is 15.4 Å². The van der Waals surface area contributed by atoms with Gasteiger partial charge in [0, 0.05) is 6.54 Å². The number of hydrogen-bond donors (Lipinski definition) is 2. The normalized spacial score (nSPS) is 10.4. The molecule has 0 aliphatic carbocycles. The Hall–Kier alpha value is -2.80. The summed E-state index contributed by atoms with van der Waals surface area (Å²) in [6, 6.07) is 14.9. The first-order chi connectivity index (χ1) is 12.6. The average molecular weight is 416 g/mol. The van der Waals surface area contributed by atoms with Gasteiger partial charge >= 0.3 is 0 Å². The van der Waals surface area contributed by atoms with E-state index in [9.17, 15) is 4.79 Å². The third-order valence-electron chi connectivity index (χ3n) is 3.70. The van der Waals surface area contributed by atoms with Gasteiger partial charge in [0.05, 0.1) is 19.0 Å². The van der Waals surface area contributed by atoms with E-state index >= 15 is 0 Å². The molecule has 26 heavy (non-hydrogen) atoms. The summed E-state index contributed by atoms with van der Waals surface area (Å²) in [5, 5.41) is 5.99. The number of rotatable bonds is 7. The number of carbonyl (C=O) groups excluding carboxylic acids is 1. The van der Waals surface area contributed by atoms with Gasteiger partial charge in [-0.05, 0) is 64.3 Å². The summed E-state index contributed by atoms with van der Waals surface area (Å²) in [6.45, 7) is 0.755. The van der Waals surface area contributed by atoms with E-state index in [4.69, 9.17) is 9.15 Å². The minimum absolute atomic E-state index is 0.235. The number of nitrogens with zero attached hydrogens (tertiary/aromatic N) is 1. The Morgan fingerprint density at radius 3 is 2.58 bits per heavy atom. The van der Waals surface area contributed by atoms with Gasteiger partial charge in [-0.25, -0.2) is 4.98 Å². The van der Waals surface area contributed by atoms with Gasteiger partial charge in [-0.15, -0.1) is 0 Å². The molecule has 0 unspecified atom stereocenters. The van der Waals surface area contributed by atoms with Crippen molar-refractivity contribution < 1.29 is 13.9 Å². The van der Waals surface area contributed by atoms with E-state index in [0.29, 0.717) is 10.4 Å². The molecular weight excluding hydrogens is 398 g/mol. The van der Waals surface area contributed by atoms with Crippen LogP contribution in [0.25, 0.3) is 0 Å². The van der Waals surface area contributed by atoms with E-state index in [1.165, 1.54) is 5.56 Å². The number of hydrogen-bond acceptors (Lipinski definition) is 5. The van der Waals surface area contributed by atoms with Gasteiger partial charge in [0.25, 0.3) is 5.91 Å². The molecular formula is C19H18BrN3O3. The third-order valence-corrected chi connectivity index (χ3v) is 4.12. The van der Waals surface area contributed by atoms with Crippen LogP contribution in [-0.2, 0) is 6.42 Å². The summed E-state index contributed by atoms with van der Waals surface area (Å²) in [6.07, 6.45) is 2.48. The number of carbonyl (C=O) groups is 1. The molecule has 134 valence electrons. The standard InChI is InChI=1S/C19H18BrN3O3/c1-25-15-5-2-13(3-6-15)10-11-21-18-9-4-14(12-22-18)23-19(24)16-7-8-17(20)26-16/h2-9,12H,10-11H2,1H3,(H,21,22)(H,23,24). The minimum Gasteiger partial charge on any atom is -0.497 e. The zero-order valence-electron chi connectivity index (χ0n) is 14.2. The van der Waals surface area contributed by atoms with E-state index in [1.54, 1.807) is 31.5 Å². The molecule has 2 aromatic heterocycles. The van der Waals surface area contributed by atoms with Gasteiger partial charge in [0.1, 0.15) is 11.6 Å². The molecule has 2 N–H and O–H groups in total. The van der Waals surface area contributed by atoms with Crippen LogP contribution in [0.15, 0.2) is 63.8 Å². The van der Waals surface area contributed by atoms with Crippen LogP contribution in [0.5, 0.6) is 5.75 Å². The molecule has 0 spiro atoms. The Bertz CT molecular complexity index is 860. The van der Waals surface area contributed by atoms with E-state index in [1.807, 2.05) is 30.3 Å². The highest BCUT2D eigenvalue weighted by atomic mass is 79.9. The number of nitrogens with one attached hydrogen (secondary N) is 2. The molecule has 1 aromatic carbocycles. The molecule has 0 aliphatic heterocycles. The first-order valence-electron chi connectivity index (χ1n) is 8.03. The molecule has 0 saturated carbocycles. The van der Waals surface area contributed by atoms with E-state index < -0.39 is 0 Å². The van der Waals surface area contributed by atoms with Crippen LogP contribution in [0, 0.1) is 0 Å². The lowest BCUT2D eigenvalue weighted by molar-refractivity contribution is 0.0995. The predicted molar refractivity (Wildman–Crippen MR) is 104 cm³/mol. The van der Waals surface area contributed by atoms with Crippen LogP contribution in [-0.4, -0.2) is 24.5 Å². The fourth-order valence-electron chi connectivity index (χ4n) is 2.33. The van der Waals surface area contributed by atoms with Gasteiger partial charge in [-0.1, -0.05) is 12.1 Å². The number of benzene rings is 1. The second-order valence-electron chi connectivity index (χ2n) is 5.51. The SMILES string of the molecule is COc1ccc(CCNc2ccc(NC(=O)c3ccc(Br)o3)cn2)cc1. The van der Waals surface area contributed by atoms with E-state index in [0.717, 1.165) is 24.5 Å². The van der Waals surface area contributed by atoms with Crippen LogP contribution >= 0.6 is 15.9 Å². The largest absolute Gasteiger partial charge is 0.497 e. The molecule has 0 saturated heterocycles. The molecule has 2 heterocycles. The Kier molecular flexibility index (Phi) is 5.91. The molecule has 1 amide bonds. The number of furan rings is 1. The Morgan fingerprint density at radius 1 is 1.15 bits per heavy atom. The van der Waals surface area contributed by atoms with E-state index in [-0.39, 0.29) is 11.7 Å². The number of halogens is 1.